The lowest BCUT2D eigenvalue weighted by Gasteiger charge is -2.18. The first-order valence-corrected chi connectivity index (χ1v) is 7.13. The second-order valence-corrected chi connectivity index (χ2v) is 5.41. The first kappa shape index (κ1) is 12.3. The van der Waals surface area contributed by atoms with E-state index in [1.54, 1.807) is 0 Å². The molecule has 2 N–H and O–H groups in total. The van der Waals surface area contributed by atoms with E-state index in [1.165, 1.54) is 17.7 Å². The SMILES string of the molecule is O=C(NCC1CC=CCC1)c1ccc2c(c1)CCN2. The number of anilines is 1. The predicted octanol–water partition coefficient (Wildman–Crippen LogP) is 2.74. The van der Waals surface area contributed by atoms with Gasteiger partial charge < -0.3 is 10.6 Å². The van der Waals surface area contributed by atoms with Gasteiger partial charge in [0, 0.05) is 24.3 Å². The summed E-state index contributed by atoms with van der Waals surface area (Å²) in [6.07, 6.45) is 8.89. The number of nitrogens with one attached hydrogen (secondary N) is 2. The lowest BCUT2D eigenvalue weighted by atomic mass is 9.94. The summed E-state index contributed by atoms with van der Waals surface area (Å²) in [5, 5.41) is 6.38. The van der Waals surface area contributed by atoms with E-state index in [0.717, 1.165) is 37.9 Å². The van der Waals surface area contributed by atoms with E-state index in [1.807, 2.05) is 18.2 Å². The molecule has 0 fully saturated rings. The molecular weight excluding hydrogens is 236 g/mol. The van der Waals surface area contributed by atoms with E-state index in [4.69, 9.17) is 0 Å². The number of hydrogen-bond acceptors (Lipinski definition) is 2. The van der Waals surface area contributed by atoms with Crippen molar-refractivity contribution in [2.45, 2.75) is 25.7 Å². The number of rotatable bonds is 3. The van der Waals surface area contributed by atoms with Gasteiger partial charge in [-0.2, -0.15) is 0 Å². The van der Waals surface area contributed by atoms with Crippen LogP contribution in [-0.4, -0.2) is 19.0 Å². The Kier molecular flexibility index (Phi) is 3.53. The van der Waals surface area contributed by atoms with Crippen LogP contribution in [0.4, 0.5) is 5.69 Å². The summed E-state index contributed by atoms with van der Waals surface area (Å²) < 4.78 is 0. The number of carbonyl (C=O) groups excluding carboxylic acids is 1. The van der Waals surface area contributed by atoms with Crippen molar-refractivity contribution < 1.29 is 4.79 Å². The van der Waals surface area contributed by atoms with Gasteiger partial charge in [-0.1, -0.05) is 12.2 Å². The molecule has 3 rings (SSSR count). The molecule has 0 saturated heterocycles. The van der Waals surface area contributed by atoms with Crippen molar-refractivity contribution >= 4 is 11.6 Å². The van der Waals surface area contributed by atoms with Crippen LogP contribution in [0.5, 0.6) is 0 Å². The second kappa shape index (κ2) is 5.47. The Morgan fingerprint density at radius 2 is 2.32 bits per heavy atom. The Morgan fingerprint density at radius 1 is 1.37 bits per heavy atom. The summed E-state index contributed by atoms with van der Waals surface area (Å²) in [5.41, 5.74) is 3.22. The van der Waals surface area contributed by atoms with E-state index >= 15 is 0 Å². The highest BCUT2D eigenvalue weighted by atomic mass is 16.1. The predicted molar refractivity (Wildman–Crippen MR) is 77.4 cm³/mol. The maximum atomic E-state index is 12.1. The van der Waals surface area contributed by atoms with Crippen molar-refractivity contribution in [2.75, 3.05) is 18.4 Å². The van der Waals surface area contributed by atoms with Gasteiger partial charge in [0.05, 0.1) is 0 Å². The minimum absolute atomic E-state index is 0.0595. The van der Waals surface area contributed by atoms with Crippen LogP contribution in [-0.2, 0) is 6.42 Å². The average molecular weight is 256 g/mol. The lowest BCUT2D eigenvalue weighted by Crippen LogP contribution is -2.29. The van der Waals surface area contributed by atoms with Crippen molar-refractivity contribution in [1.29, 1.82) is 0 Å². The van der Waals surface area contributed by atoms with Gasteiger partial charge >= 0.3 is 0 Å². The largest absolute Gasteiger partial charge is 0.384 e. The minimum Gasteiger partial charge on any atom is -0.384 e. The molecule has 1 aromatic rings. The van der Waals surface area contributed by atoms with Crippen molar-refractivity contribution in [3.63, 3.8) is 0 Å². The summed E-state index contributed by atoms with van der Waals surface area (Å²) in [7, 11) is 0. The third-order valence-corrected chi connectivity index (χ3v) is 4.01. The summed E-state index contributed by atoms with van der Waals surface area (Å²) in [4.78, 5) is 12.1. The molecule has 0 saturated carbocycles. The molecule has 0 spiro atoms. The summed E-state index contributed by atoms with van der Waals surface area (Å²) in [6.45, 7) is 1.77. The molecule has 19 heavy (non-hydrogen) atoms. The monoisotopic (exact) mass is 256 g/mol. The standard InChI is InChI=1S/C16H20N2O/c19-16(18-11-12-4-2-1-3-5-12)14-6-7-15-13(10-14)8-9-17-15/h1-2,6-7,10,12,17H,3-5,8-9,11H2,(H,18,19). The molecule has 1 aromatic carbocycles. The molecule has 1 unspecified atom stereocenters. The van der Waals surface area contributed by atoms with Gasteiger partial charge in [-0.3, -0.25) is 4.79 Å². The Bertz CT molecular complexity index is 507. The minimum atomic E-state index is 0.0595. The first-order chi connectivity index (χ1) is 9.33. The fourth-order valence-electron chi connectivity index (χ4n) is 2.83. The van der Waals surface area contributed by atoms with Crippen molar-refractivity contribution in [1.82, 2.24) is 5.32 Å². The van der Waals surface area contributed by atoms with E-state index in [9.17, 15) is 4.79 Å². The van der Waals surface area contributed by atoms with Crippen LogP contribution in [0.2, 0.25) is 0 Å². The zero-order valence-electron chi connectivity index (χ0n) is 11.1. The van der Waals surface area contributed by atoms with Crippen LogP contribution >= 0.6 is 0 Å². The third-order valence-electron chi connectivity index (χ3n) is 4.01. The van der Waals surface area contributed by atoms with Crippen molar-refractivity contribution in [3.05, 3.63) is 41.5 Å². The molecule has 1 aliphatic heterocycles. The van der Waals surface area contributed by atoms with Gasteiger partial charge in [-0.25, -0.2) is 0 Å². The summed E-state index contributed by atoms with van der Waals surface area (Å²) >= 11 is 0. The van der Waals surface area contributed by atoms with Crippen LogP contribution in [0, 0.1) is 5.92 Å². The molecule has 1 heterocycles. The molecule has 0 bridgehead atoms. The van der Waals surface area contributed by atoms with Crippen LogP contribution in [0.1, 0.15) is 35.2 Å². The van der Waals surface area contributed by atoms with E-state index in [0.29, 0.717) is 5.92 Å². The van der Waals surface area contributed by atoms with Crippen LogP contribution in [0.3, 0.4) is 0 Å². The first-order valence-electron chi connectivity index (χ1n) is 7.13. The maximum absolute atomic E-state index is 12.1. The lowest BCUT2D eigenvalue weighted by molar-refractivity contribution is 0.0946. The van der Waals surface area contributed by atoms with E-state index < -0.39 is 0 Å². The number of carbonyl (C=O) groups is 1. The number of amides is 1. The normalized spacial score (nSPS) is 20.7. The van der Waals surface area contributed by atoms with Gasteiger partial charge in [0.15, 0.2) is 0 Å². The number of allylic oxidation sites excluding steroid dienone is 2. The average Bonchev–Trinajstić information content (AvgIpc) is 2.93. The molecule has 1 amide bonds. The molecule has 3 heteroatoms. The van der Waals surface area contributed by atoms with Gasteiger partial charge in [0.1, 0.15) is 0 Å². The highest BCUT2D eigenvalue weighted by molar-refractivity contribution is 5.95. The molecule has 2 aliphatic rings. The Balaban J connectivity index is 1.59. The maximum Gasteiger partial charge on any atom is 0.251 e. The third kappa shape index (κ3) is 2.80. The number of benzene rings is 1. The number of fused-ring (bicyclic) bond motifs is 1. The fraction of sp³-hybridized carbons (Fsp3) is 0.438. The smallest absolute Gasteiger partial charge is 0.251 e. The summed E-state index contributed by atoms with van der Waals surface area (Å²) in [6, 6.07) is 5.94. The van der Waals surface area contributed by atoms with Gasteiger partial charge in [0.25, 0.3) is 5.91 Å². The van der Waals surface area contributed by atoms with Crippen LogP contribution in [0.25, 0.3) is 0 Å². The quantitative estimate of drug-likeness (QED) is 0.816. The van der Waals surface area contributed by atoms with Gasteiger partial charge in [-0.05, 0) is 55.4 Å². The molecule has 100 valence electrons. The topological polar surface area (TPSA) is 41.1 Å². The Morgan fingerprint density at radius 3 is 3.16 bits per heavy atom. The second-order valence-electron chi connectivity index (χ2n) is 5.41. The van der Waals surface area contributed by atoms with Crippen LogP contribution in [0.15, 0.2) is 30.4 Å². The van der Waals surface area contributed by atoms with Crippen LogP contribution < -0.4 is 10.6 Å². The van der Waals surface area contributed by atoms with E-state index in [-0.39, 0.29) is 5.91 Å². The molecule has 1 atom stereocenters. The zero-order valence-corrected chi connectivity index (χ0v) is 11.1. The van der Waals surface area contributed by atoms with Crippen molar-refractivity contribution in [2.24, 2.45) is 5.92 Å². The van der Waals surface area contributed by atoms with E-state index in [2.05, 4.69) is 22.8 Å². The fourth-order valence-corrected chi connectivity index (χ4v) is 2.83. The van der Waals surface area contributed by atoms with Gasteiger partial charge in [-0.15, -0.1) is 0 Å². The molecular formula is C16H20N2O. The van der Waals surface area contributed by atoms with Crippen molar-refractivity contribution in [3.8, 4) is 0 Å². The number of hydrogen-bond donors (Lipinski definition) is 2. The molecule has 1 aliphatic carbocycles. The molecule has 3 nitrogen and oxygen atoms in total. The van der Waals surface area contributed by atoms with Gasteiger partial charge in [0.2, 0.25) is 0 Å². The highest BCUT2D eigenvalue weighted by Crippen LogP contribution is 2.23. The Hall–Kier alpha value is -1.77. The molecule has 0 aromatic heterocycles. The molecule has 0 radical (unpaired) electrons. The summed E-state index contributed by atoms with van der Waals surface area (Å²) in [5.74, 6) is 0.661. The zero-order chi connectivity index (χ0) is 13.1. The highest BCUT2D eigenvalue weighted by Gasteiger charge is 2.15. The Labute approximate surface area is 114 Å².